The number of carboxylic acid groups (broad SMARTS) is 1. The molecule has 1 unspecified atom stereocenters. The summed E-state index contributed by atoms with van der Waals surface area (Å²) in [7, 11) is 0. The van der Waals surface area contributed by atoms with E-state index >= 15 is 0 Å². The first kappa shape index (κ1) is 16.8. The van der Waals surface area contributed by atoms with Crippen LogP contribution in [0.4, 0.5) is 0 Å². The van der Waals surface area contributed by atoms with Gasteiger partial charge in [0.25, 0.3) is 0 Å². The van der Waals surface area contributed by atoms with Gasteiger partial charge in [0.1, 0.15) is 5.75 Å². The molecule has 0 heterocycles. The van der Waals surface area contributed by atoms with Gasteiger partial charge in [0, 0.05) is 17.6 Å². The number of para-hydroxylation sites is 1. The molecular formula is C18H27NO3. The van der Waals surface area contributed by atoms with Crippen LogP contribution in [0, 0.1) is 5.92 Å². The highest BCUT2D eigenvalue weighted by Gasteiger charge is 2.27. The first-order chi connectivity index (χ1) is 10.7. The van der Waals surface area contributed by atoms with Crippen LogP contribution in [0.2, 0.25) is 0 Å². The van der Waals surface area contributed by atoms with E-state index in [1.165, 1.54) is 5.56 Å². The molecular weight excluding hydrogens is 278 g/mol. The Labute approximate surface area is 132 Å². The second kappa shape index (κ2) is 8.18. The Kier molecular flexibility index (Phi) is 6.25. The van der Waals surface area contributed by atoms with Crippen molar-refractivity contribution in [2.75, 3.05) is 6.61 Å². The van der Waals surface area contributed by atoms with E-state index in [0.717, 1.165) is 37.9 Å². The van der Waals surface area contributed by atoms with Crippen LogP contribution in [0.1, 0.15) is 57.6 Å². The van der Waals surface area contributed by atoms with E-state index < -0.39 is 5.97 Å². The van der Waals surface area contributed by atoms with Gasteiger partial charge in [-0.25, -0.2) is 0 Å². The Morgan fingerprint density at radius 3 is 2.55 bits per heavy atom. The molecule has 0 aliphatic heterocycles. The summed E-state index contributed by atoms with van der Waals surface area (Å²) in [4.78, 5) is 11.0. The predicted molar refractivity (Wildman–Crippen MR) is 87.2 cm³/mol. The van der Waals surface area contributed by atoms with Crippen molar-refractivity contribution in [3.63, 3.8) is 0 Å². The molecule has 2 N–H and O–H groups in total. The summed E-state index contributed by atoms with van der Waals surface area (Å²) in [6, 6.07) is 8.84. The third-order valence-corrected chi connectivity index (χ3v) is 4.52. The van der Waals surface area contributed by atoms with Crippen molar-refractivity contribution in [3.05, 3.63) is 29.8 Å². The Balaban J connectivity index is 2.00. The van der Waals surface area contributed by atoms with Crippen molar-refractivity contribution in [2.45, 2.75) is 58.0 Å². The molecule has 4 nitrogen and oxygen atoms in total. The third-order valence-electron chi connectivity index (χ3n) is 4.52. The molecule has 0 spiro atoms. The molecule has 2 rings (SSSR count). The normalized spacial score (nSPS) is 23.0. The van der Waals surface area contributed by atoms with Gasteiger partial charge in [0.2, 0.25) is 0 Å². The quantitative estimate of drug-likeness (QED) is 0.805. The molecule has 22 heavy (non-hydrogen) atoms. The number of benzene rings is 1. The average molecular weight is 305 g/mol. The summed E-state index contributed by atoms with van der Waals surface area (Å²) in [6.45, 7) is 4.83. The summed E-state index contributed by atoms with van der Waals surface area (Å²) in [6.07, 6.45) is 4.41. The Morgan fingerprint density at radius 1 is 1.27 bits per heavy atom. The molecule has 1 aliphatic rings. The summed E-state index contributed by atoms with van der Waals surface area (Å²) >= 11 is 0. The molecule has 1 fully saturated rings. The summed E-state index contributed by atoms with van der Waals surface area (Å²) in [5.74, 6) is 0.143. The van der Waals surface area contributed by atoms with Gasteiger partial charge >= 0.3 is 5.97 Å². The number of carbonyl (C=O) groups is 1. The van der Waals surface area contributed by atoms with Gasteiger partial charge in [0.05, 0.1) is 12.5 Å². The van der Waals surface area contributed by atoms with Crippen LogP contribution < -0.4 is 10.1 Å². The topological polar surface area (TPSA) is 58.6 Å². The Morgan fingerprint density at radius 2 is 1.95 bits per heavy atom. The van der Waals surface area contributed by atoms with Crippen LogP contribution in [0.5, 0.6) is 5.75 Å². The van der Waals surface area contributed by atoms with Crippen LogP contribution in [-0.2, 0) is 4.79 Å². The fraction of sp³-hybridized carbons (Fsp3) is 0.611. The first-order valence-electron chi connectivity index (χ1n) is 8.36. The van der Waals surface area contributed by atoms with Crippen molar-refractivity contribution < 1.29 is 14.6 Å². The van der Waals surface area contributed by atoms with Crippen LogP contribution in [-0.4, -0.2) is 23.7 Å². The average Bonchev–Trinajstić information content (AvgIpc) is 2.54. The molecule has 1 atom stereocenters. The molecule has 1 aliphatic carbocycles. The van der Waals surface area contributed by atoms with Gasteiger partial charge in [-0.15, -0.1) is 0 Å². The summed E-state index contributed by atoms with van der Waals surface area (Å²) in [5.41, 5.74) is 1.20. The minimum Gasteiger partial charge on any atom is -0.494 e. The molecule has 0 radical (unpaired) electrons. The number of ether oxygens (including phenoxy) is 1. The van der Waals surface area contributed by atoms with E-state index in [9.17, 15) is 4.79 Å². The van der Waals surface area contributed by atoms with E-state index in [-0.39, 0.29) is 12.0 Å². The number of carboxylic acids is 1. The molecule has 0 saturated heterocycles. The smallest absolute Gasteiger partial charge is 0.306 e. The zero-order chi connectivity index (χ0) is 15.9. The van der Waals surface area contributed by atoms with Crippen molar-refractivity contribution in [3.8, 4) is 5.75 Å². The van der Waals surface area contributed by atoms with Gasteiger partial charge in [-0.1, -0.05) is 25.1 Å². The number of hydrogen-bond acceptors (Lipinski definition) is 3. The fourth-order valence-electron chi connectivity index (χ4n) is 3.27. The minimum absolute atomic E-state index is 0.158. The molecule has 1 aromatic rings. The minimum atomic E-state index is -0.646. The predicted octanol–water partition coefficient (Wildman–Crippen LogP) is 3.77. The van der Waals surface area contributed by atoms with E-state index in [0.29, 0.717) is 12.6 Å². The van der Waals surface area contributed by atoms with Crippen molar-refractivity contribution in [1.29, 1.82) is 0 Å². The standard InChI is InChI=1S/C18H27NO3/c1-3-16(15-7-5-6-8-17(15)22-4-2)19-14-11-9-13(10-12-14)18(20)21/h5-8,13-14,16,19H,3-4,9-12H2,1-2H3,(H,20,21). The molecule has 0 bridgehead atoms. The van der Waals surface area contributed by atoms with Crippen molar-refractivity contribution in [1.82, 2.24) is 5.32 Å². The molecule has 1 saturated carbocycles. The SMILES string of the molecule is CCOc1ccccc1C(CC)NC1CCC(C(=O)O)CC1. The van der Waals surface area contributed by atoms with Crippen LogP contribution in [0.15, 0.2) is 24.3 Å². The second-order valence-electron chi connectivity index (χ2n) is 5.99. The number of hydrogen-bond donors (Lipinski definition) is 2. The summed E-state index contributed by atoms with van der Waals surface area (Å²) < 4.78 is 5.74. The number of nitrogens with one attached hydrogen (secondary N) is 1. The monoisotopic (exact) mass is 305 g/mol. The van der Waals surface area contributed by atoms with Crippen LogP contribution in [0.3, 0.4) is 0 Å². The molecule has 0 amide bonds. The van der Waals surface area contributed by atoms with Crippen LogP contribution in [0.25, 0.3) is 0 Å². The lowest BCUT2D eigenvalue weighted by Crippen LogP contribution is -2.37. The number of rotatable bonds is 7. The third kappa shape index (κ3) is 4.23. The second-order valence-corrected chi connectivity index (χ2v) is 5.99. The molecule has 4 heteroatoms. The molecule has 122 valence electrons. The van der Waals surface area contributed by atoms with Crippen molar-refractivity contribution in [2.24, 2.45) is 5.92 Å². The van der Waals surface area contributed by atoms with E-state index in [4.69, 9.17) is 9.84 Å². The van der Waals surface area contributed by atoms with Gasteiger partial charge < -0.3 is 15.2 Å². The fourth-order valence-corrected chi connectivity index (χ4v) is 3.27. The largest absolute Gasteiger partial charge is 0.494 e. The highest BCUT2D eigenvalue weighted by molar-refractivity contribution is 5.70. The molecule has 1 aromatic carbocycles. The van der Waals surface area contributed by atoms with Gasteiger partial charge in [-0.2, -0.15) is 0 Å². The summed E-state index contributed by atoms with van der Waals surface area (Å²) in [5, 5.41) is 12.8. The van der Waals surface area contributed by atoms with Gasteiger partial charge in [-0.3, -0.25) is 4.79 Å². The highest BCUT2D eigenvalue weighted by Crippen LogP contribution is 2.31. The lowest BCUT2D eigenvalue weighted by Gasteiger charge is -2.31. The van der Waals surface area contributed by atoms with E-state index in [2.05, 4.69) is 18.3 Å². The van der Waals surface area contributed by atoms with E-state index in [1.807, 2.05) is 25.1 Å². The zero-order valence-corrected chi connectivity index (χ0v) is 13.5. The maximum Gasteiger partial charge on any atom is 0.306 e. The maximum absolute atomic E-state index is 11.0. The Bertz CT molecular complexity index is 481. The van der Waals surface area contributed by atoms with Crippen LogP contribution >= 0.6 is 0 Å². The maximum atomic E-state index is 11.0. The van der Waals surface area contributed by atoms with Gasteiger partial charge in [0.15, 0.2) is 0 Å². The zero-order valence-electron chi connectivity index (χ0n) is 13.5. The lowest BCUT2D eigenvalue weighted by atomic mass is 9.85. The number of aliphatic carboxylic acids is 1. The van der Waals surface area contributed by atoms with Crippen molar-refractivity contribution >= 4 is 5.97 Å². The van der Waals surface area contributed by atoms with Gasteiger partial charge in [-0.05, 0) is 45.1 Å². The molecule has 0 aromatic heterocycles. The lowest BCUT2D eigenvalue weighted by molar-refractivity contribution is -0.142. The highest BCUT2D eigenvalue weighted by atomic mass is 16.5. The first-order valence-corrected chi connectivity index (χ1v) is 8.36. The Hall–Kier alpha value is -1.55. The van der Waals surface area contributed by atoms with E-state index in [1.54, 1.807) is 0 Å².